The number of hydrogen-bond acceptors (Lipinski definition) is 42. The minimum absolute atomic E-state index is 0.0384. The maximum Gasteiger partial charge on any atom is 0.222 e. The third-order valence-electron chi connectivity index (χ3n) is 17.1. The van der Waals surface area contributed by atoms with Gasteiger partial charge in [0.1, 0.15) is 25.4 Å². The second-order valence-electron chi connectivity index (χ2n) is 28.6. The molecular formula is C93H173N5O41. The number of hydrogen-bond donors (Lipinski definition) is 5. The topological polar surface area (TPSA) is 484 Å². The fourth-order valence-corrected chi connectivity index (χ4v) is 10.3. The summed E-state index contributed by atoms with van der Waals surface area (Å²) in [5.41, 5.74) is 4.08. The molecule has 0 aliphatic heterocycles. The Morgan fingerprint density at radius 3 is 0.460 bits per heavy atom. The van der Waals surface area contributed by atoms with Gasteiger partial charge in [-0.2, -0.15) is 0 Å². The molecule has 46 heteroatoms. The van der Waals surface area contributed by atoms with E-state index in [2.05, 4.69) is 39.0 Å². The van der Waals surface area contributed by atoms with Crippen molar-refractivity contribution in [2.45, 2.75) is 31.2 Å². The molecule has 0 radical (unpaired) electrons. The van der Waals surface area contributed by atoms with Crippen LogP contribution in [0.5, 0.6) is 0 Å². The molecule has 0 aromatic carbocycles. The smallest absolute Gasteiger partial charge is 0.222 e. The van der Waals surface area contributed by atoms with E-state index in [4.69, 9.17) is 200 Å². The molecule has 4 amide bonds. The fraction of sp³-hybridized carbons (Fsp3) is 0.892. The lowest BCUT2D eigenvalue weighted by molar-refractivity contribution is -0.131. The number of amides is 4. The van der Waals surface area contributed by atoms with Gasteiger partial charge in [-0.3, -0.25) is 19.2 Å². The van der Waals surface area contributed by atoms with Crippen molar-refractivity contribution in [3.05, 3.63) is 0 Å². The molecule has 0 saturated carbocycles. The molecule has 0 unspecified atom stereocenters. The van der Waals surface area contributed by atoms with Gasteiger partial charge >= 0.3 is 0 Å². The molecule has 0 spiro atoms. The van der Waals surface area contributed by atoms with Gasteiger partial charge in [-0.1, -0.05) is 17.8 Å². The number of nitrogens with one attached hydrogen (secondary N) is 4. The zero-order valence-corrected chi connectivity index (χ0v) is 83.0. The van der Waals surface area contributed by atoms with Crippen LogP contribution in [0.15, 0.2) is 0 Å². The van der Waals surface area contributed by atoms with Crippen LogP contribution in [0.4, 0.5) is 0 Å². The van der Waals surface area contributed by atoms with E-state index in [1.807, 2.05) is 0 Å². The number of carbonyl (C=O) groups is 4. The molecular weight excluding hydrogens is 1840 g/mol. The zero-order chi connectivity index (χ0) is 99.9. The summed E-state index contributed by atoms with van der Waals surface area (Å²) in [6.45, 7) is 27.1. The van der Waals surface area contributed by atoms with Crippen molar-refractivity contribution in [1.29, 1.82) is 0 Å². The molecule has 0 fully saturated rings. The first-order chi connectivity index (χ1) is 68.8. The number of terminal acetylenes is 3. The highest BCUT2D eigenvalue weighted by atomic mass is 16.6. The number of ether oxygens (including phenoxy) is 37. The van der Waals surface area contributed by atoms with Gasteiger partial charge in [-0.25, -0.2) is 0 Å². The molecule has 46 nitrogen and oxygen atoms in total. The molecule has 0 aliphatic carbocycles. The van der Waals surface area contributed by atoms with Gasteiger partial charge in [-0.05, 0) is 0 Å². The molecule has 0 aromatic rings. The second kappa shape index (κ2) is 120. The third-order valence-corrected chi connectivity index (χ3v) is 17.1. The van der Waals surface area contributed by atoms with Gasteiger partial charge in [0.25, 0.3) is 0 Å². The van der Waals surface area contributed by atoms with E-state index >= 15 is 0 Å². The van der Waals surface area contributed by atoms with E-state index in [0.717, 1.165) is 0 Å². The Kier molecular flexibility index (Phi) is 116. The lowest BCUT2D eigenvalue weighted by atomic mass is 10.0. The van der Waals surface area contributed by atoms with Gasteiger partial charge in [0.2, 0.25) is 23.6 Å². The molecule has 0 atom stereocenters. The van der Waals surface area contributed by atoms with Crippen molar-refractivity contribution in [2.24, 2.45) is 5.73 Å². The normalized spacial score (nSPS) is 11.6. The predicted octanol–water partition coefficient (Wildman–Crippen LogP) is -1.78. The maximum atomic E-state index is 13.8. The second-order valence-corrected chi connectivity index (χ2v) is 28.6. The summed E-state index contributed by atoms with van der Waals surface area (Å²) in [5, 5.41) is 11.5. The fourth-order valence-electron chi connectivity index (χ4n) is 10.3. The van der Waals surface area contributed by atoms with Crippen LogP contribution in [0.2, 0.25) is 0 Å². The van der Waals surface area contributed by atoms with Crippen LogP contribution in [0.3, 0.4) is 0 Å². The summed E-state index contributed by atoms with van der Waals surface area (Å²) in [7, 11) is 0. The van der Waals surface area contributed by atoms with Gasteiger partial charge in [0.05, 0.1) is 469 Å². The number of carbonyl (C=O) groups excluding carboxylic acids is 4. The van der Waals surface area contributed by atoms with Gasteiger partial charge in [0, 0.05) is 51.9 Å². The molecule has 139 heavy (non-hydrogen) atoms. The van der Waals surface area contributed by atoms with Crippen molar-refractivity contribution < 1.29 is 194 Å². The van der Waals surface area contributed by atoms with Crippen molar-refractivity contribution in [1.82, 2.24) is 21.3 Å². The predicted molar refractivity (Wildman–Crippen MR) is 504 cm³/mol. The Morgan fingerprint density at radius 1 is 0.173 bits per heavy atom. The summed E-state index contributed by atoms with van der Waals surface area (Å²) >= 11 is 0. The summed E-state index contributed by atoms with van der Waals surface area (Å²) in [5.74, 6) is 5.84. The van der Waals surface area contributed by atoms with Gasteiger partial charge in [0.15, 0.2) is 0 Å². The van der Waals surface area contributed by atoms with E-state index in [9.17, 15) is 19.2 Å². The SMILES string of the molecule is C#CCOCCOCCOCCOCCOCCOCCOCCOCCOCCOCCNC(=O)CCOCC(COCCC(=O)NCCOCCOCCOCCOCCOCCOCCOCCOCCOCCOCC#C)(COCCC(=O)NCCOCCOCCOCCOCCOCCOCCOCCOCCOCCOCC#C)NC(=O)CCOCCOCCOCCOCCN. The van der Waals surface area contributed by atoms with E-state index in [-0.39, 0.29) is 162 Å². The Morgan fingerprint density at radius 2 is 0.302 bits per heavy atom. The minimum atomic E-state index is -1.38. The summed E-state index contributed by atoms with van der Waals surface area (Å²) < 4.78 is 205. The molecule has 0 saturated heterocycles. The van der Waals surface area contributed by atoms with E-state index in [1.165, 1.54) is 0 Å². The quantitative estimate of drug-likeness (QED) is 0.0332. The molecule has 0 bridgehead atoms. The first kappa shape index (κ1) is 134. The highest BCUT2D eigenvalue weighted by molar-refractivity contribution is 5.77. The van der Waals surface area contributed by atoms with Crippen LogP contribution in [0, 0.1) is 37.0 Å². The van der Waals surface area contributed by atoms with Crippen molar-refractivity contribution in [3.8, 4) is 37.0 Å². The lowest BCUT2D eigenvalue weighted by Crippen LogP contribution is -2.59. The van der Waals surface area contributed by atoms with Gasteiger partial charge < -0.3 is 202 Å². The highest BCUT2D eigenvalue weighted by Gasteiger charge is 2.34. The number of nitrogens with two attached hydrogens (primary N) is 1. The molecule has 0 aliphatic rings. The van der Waals surface area contributed by atoms with Crippen LogP contribution in [-0.2, 0) is 194 Å². The summed E-state index contributed by atoms with van der Waals surface area (Å²) in [6.07, 6.45) is 15.2. The van der Waals surface area contributed by atoms with E-state index in [0.29, 0.717) is 396 Å². The van der Waals surface area contributed by atoms with Crippen molar-refractivity contribution >= 4 is 23.6 Å². The molecule has 0 aromatic heterocycles. The average Bonchev–Trinajstić information content (AvgIpc) is 0.853. The highest BCUT2D eigenvalue weighted by Crippen LogP contribution is 2.12. The van der Waals surface area contributed by atoms with Crippen LogP contribution in [0.25, 0.3) is 0 Å². The zero-order valence-electron chi connectivity index (χ0n) is 83.0. The monoisotopic (exact) mass is 2020 g/mol. The van der Waals surface area contributed by atoms with Crippen molar-refractivity contribution in [2.75, 3.05) is 515 Å². The van der Waals surface area contributed by atoms with Gasteiger partial charge in [-0.15, -0.1) is 19.3 Å². The molecule has 816 valence electrons. The first-order valence-electron chi connectivity index (χ1n) is 48.3. The minimum Gasteiger partial charge on any atom is -0.379 e. The van der Waals surface area contributed by atoms with Crippen LogP contribution < -0.4 is 27.0 Å². The maximum absolute atomic E-state index is 13.8. The summed E-state index contributed by atoms with van der Waals surface area (Å²) in [6, 6.07) is 0. The molecule has 0 rings (SSSR count). The first-order valence-corrected chi connectivity index (χ1v) is 48.3. The third kappa shape index (κ3) is 115. The van der Waals surface area contributed by atoms with E-state index in [1.54, 1.807) is 0 Å². The largest absolute Gasteiger partial charge is 0.379 e. The van der Waals surface area contributed by atoms with E-state index < -0.39 is 11.4 Å². The van der Waals surface area contributed by atoms with Crippen LogP contribution in [0.1, 0.15) is 25.7 Å². The standard InChI is InChI=1S/C93H173N5O41/c1-4-15-103-26-34-111-42-50-119-56-62-125-68-74-131-80-83-134-77-71-128-65-59-122-53-47-116-39-31-108-23-12-95-89(99)7-19-137-86-93(98-92(102)10-18-106-29-37-114-45-46-115-38-30-107-22-11-94,87-138-20-8-90(100)96-13-24-109-32-40-117-48-54-123-60-66-129-72-78-135-84-81-132-75-69-126-63-57-120-51-43-112-35-27-104-16-5-2)88-139-21-9-91(101)97-14-25-110-33-41-118-49-55-124-61-67-130-73-79-136-85-82-133-76-70-127-64-58-121-52-44-113-36-28-105-17-6-3/h1-3H,7-88,94H2,(H,95,99)(H,96,100)(H,97,101)(H,98,102). The summed E-state index contributed by atoms with van der Waals surface area (Å²) in [4.78, 5) is 52.9. The Labute approximate surface area is 825 Å². The lowest BCUT2D eigenvalue weighted by Gasteiger charge is -2.34. The van der Waals surface area contributed by atoms with Crippen LogP contribution >= 0.6 is 0 Å². The molecule has 6 N–H and O–H groups in total. The molecule has 0 heterocycles. The Hall–Kier alpha value is -4.96. The average molecular weight is 2020 g/mol. The number of rotatable bonds is 123. The Bertz CT molecular complexity index is 2400. The Balaban J connectivity index is 5.05. The van der Waals surface area contributed by atoms with Crippen LogP contribution in [-0.4, -0.2) is 544 Å². The van der Waals surface area contributed by atoms with Crippen molar-refractivity contribution in [3.63, 3.8) is 0 Å².